The predicted molar refractivity (Wildman–Crippen MR) is 83.5 cm³/mol. The minimum absolute atomic E-state index is 0.675. The van der Waals surface area contributed by atoms with E-state index in [1.807, 2.05) is 37.4 Å². The Kier molecular flexibility index (Phi) is 2.82. The molecule has 0 amide bonds. The molecule has 0 fully saturated rings. The van der Waals surface area contributed by atoms with E-state index >= 15 is 0 Å². The van der Waals surface area contributed by atoms with E-state index in [0.29, 0.717) is 17.9 Å². The van der Waals surface area contributed by atoms with Crippen LogP contribution in [0.4, 0.5) is 5.82 Å². The lowest BCUT2D eigenvalue weighted by Crippen LogP contribution is -2.00. The molecule has 0 spiro atoms. The molecule has 21 heavy (non-hydrogen) atoms. The van der Waals surface area contributed by atoms with Crippen molar-refractivity contribution in [2.45, 2.75) is 13.5 Å². The molecule has 1 N–H and O–H groups in total. The summed E-state index contributed by atoms with van der Waals surface area (Å²) in [5.41, 5.74) is 2.35. The molecule has 3 heterocycles. The van der Waals surface area contributed by atoms with Gasteiger partial charge in [-0.05, 0) is 19.1 Å². The van der Waals surface area contributed by atoms with Gasteiger partial charge in [0.1, 0.15) is 17.4 Å². The highest BCUT2D eigenvalue weighted by Crippen LogP contribution is 2.30. The van der Waals surface area contributed by atoms with Gasteiger partial charge in [0.05, 0.1) is 11.6 Å². The molecule has 0 radical (unpaired) electrons. The van der Waals surface area contributed by atoms with Crippen LogP contribution in [-0.2, 0) is 6.54 Å². The maximum absolute atomic E-state index is 5.88. The molecule has 0 aliphatic rings. The molecule has 0 aliphatic carbocycles. The van der Waals surface area contributed by atoms with Gasteiger partial charge in [-0.1, -0.05) is 12.1 Å². The first-order valence-corrected chi connectivity index (χ1v) is 7.40. The lowest BCUT2D eigenvalue weighted by Gasteiger charge is -2.02. The molecule has 4 rings (SSSR count). The third-order valence-corrected chi connectivity index (χ3v) is 4.17. The van der Waals surface area contributed by atoms with Crippen LogP contribution in [0.2, 0.25) is 0 Å². The molecule has 4 aromatic rings. The quantitative estimate of drug-likeness (QED) is 0.623. The van der Waals surface area contributed by atoms with Crippen molar-refractivity contribution in [2.75, 3.05) is 5.32 Å². The molecule has 0 saturated heterocycles. The Hall–Kier alpha value is -2.47. The summed E-state index contributed by atoms with van der Waals surface area (Å²) in [4.78, 5) is 14.0. The zero-order chi connectivity index (χ0) is 14.2. The Morgan fingerprint density at radius 3 is 2.95 bits per heavy atom. The van der Waals surface area contributed by atoms with Crippen LogP contribution in [-0.4, -0.2) is 15.0 Å². The molecule has 3 aromatic heterocycles. The van der Waals surface area contributed by atoms with E-state index in [1.165, 1.54) is 0 Å². The fourth-order valence-corrected chi connectivity index (χ4v) is 3.04. The lowest BCUT2D eigenvalue weighted by molar-refractivity contribution is 0.666. The van der Waals surface area contributed by atoms with Crippen LogP contribution in [0.5, 0.6) is 0 Å². The summed E-state index contributed by atoms with van der Waals surface area (Å²) in [6, 6.07) is 7.87. The van der Waals surface area contributed by atoms with Crippen LogP contribution < -0.4 is 5.32 Å². The Morgan fingerprint density at radius 2 is 2.10 bits per heavy atom. The molecular formula is C15H12N4OS. The third-order valence-electron chi connectivity index (χ3n) is 3.26. The summed E-state index contributed by atoms with van der Waals surface area (Å²) in [7, 11) is 0. The van der Waals surface area contributed by atoms with Crippen molar-refractivity contribution in [2.24, 2.45) is 0 Å². The zero-order valence-corrected chi connectivity index (χ0v) is 12.1. The normalized spacial score (nSPS) is 11.3. The second-order valence-electron chi connectivity index (χ2n) is 4.70. The molecule has 0 atom stereocenters. The van der Waals surface area contributed by atoms with Crippen molar-refractivity contribution in [3.05, 3.63) is 46.7 Å². The van der Waals surface area contributed by atoms with E-state index < -0.39 is 0 Å². The highest BCUT2D eigenvalue weighted by atomic mass is 32.1. The summed E-state index contributed by atoms with van der Waals surface area (Å²) < 4.78 is 5.88. The Balaban J connectivity index is 1.74. The van der Waals surface area contributed by atoms with E-state index in [0.717, 1.165) is 26.4 Å². The van der Waals surface area contributed by atoms with Gasteiger partial charge in [-0.25, -0.2) is 15.0 Å². The number of thiazole rings is 1. The van der Waals surface area contributed by atoms with Crippen LogP contribution in [0.25, 0.3) is 22.1 Å². The minimum atomic E-state index is 0.675. The molecule has 5 nitrogen and oxygen atoms in total. The van der Waals surface area contributed by atoms with Gasteiger partial charge in [0.15, 0.2) is 11.4 Å². The number of aromatic nitrogens is 3. The average molecular weight is 296 g/mol. The number of aryl methyl sites for hydroxylation is 1. The fraction of sp³-hybridized carbons (Fsp3) is 0.133. The zero-order valence-electron chi connectivity index (χ0n) is 11.3. The van der Waals surface area contributed by atoms with Crippen LogP contribution >= 0.6 is 11.3 Å². The molecule has 0 aliphatic heterocycles. The number of fused-ring (bicyclic) bond motifs is 3. The van der Waals surface area contributed by atoms with Gasteiger partial charge in [0.2, 0.25) is 0 Å². The van der Waals surface area contributed by atoms with Crippen LogP contribution in [0.3, 0.4) is 0 Å². The Morgan fingerprint density at radius 1 is 1.19 bits per heavy atom. The summed E-state index contributed by atoms with van der Waals surface area (Å²) in [6.45, 7) is 2.67. The van der Waals surface area contributed by atoms with E-state index in [9.17, 15) is 0 Å². The summed E-state index contributed by atoms with van der Waals surface area (Å²) in [5, 5.41) is 5.37. The minimum Gasteiger partial charge on any atom is -0.450 e. The molecule has 1 aromatic carbocycles. The van der Waals surface area contributed by atoms with Gasteiger partial charge >= 0.3 is 0 Å². The van der Waals surface area contributed by atoms with Gasteiger partial charge in [-0.2, -0.15) is 0 Å². The largest absolute Gasteiger partial charge is 0.450 e. The van der Waals surface area contributed by atoms with Crippen molar-refractivity contribution < 1.29 is 4.42 Å². The van der Waals surface area contributed by atoms with Gasteiger partial charge in [0, 0.05) is 16.5 Å². The first-order valence-electron chi connectivity index (χ1n) is 6.59. The van der Waals surface area contributed by atoms with Crippen LogP contribution in [0, 0.1) is 6.92 Å². The van der Waals surface area contributed by atoms with Crippen LogP contribution in [0.1, 0.15) is 9.88 Å². The first kappa shape index (κ1) is 12.3. The molecule has 0 bridgehead atoms. The molecule has 6 heteroatoms. The van der Waals surface area contributed by atoms with Crippen LogP contribution in [0.15, 0.2) is 41.2 Å². The summed E-state index contributed by atoms with van der Waals surface area (Å²) >= 11 is 1.67. The molecular weight excluding hydrogens is 284 g/mol. The topological polar surface area (TPSA) is 63.8 Å². The number of hydrogen-bond acceptors (Lipinski definition) is 6. The Labute approximate surface area is 124 Å². The van der Waals surface area contributed by atoms with Gasteiger partial charge in [0.25, 0.3) is 0 Å². The number of nitrogens with zero attached hydrogens (tertiary/aromatic N) is 3. The molecule has 104 valence electrons. The Bertz CT molecular complexity index is 928. The standard InChI is InChI=1S/C15H12N4OS/c1-9-16-6-10(21-9)7-17-15-14-13(18-8-19-15)11-4-2-3-5-12(11)20-14/h2-6,8H,7H2,1H3,(H,17,18,19). The number of anilines is 1. The number of para-hydroxylation sites is 1. The number of benzene rings is 1. The van der Waals surface area contributed by atoms with E-state index in [1.54, 1.807) is 17.7 Å². The maximum atomic E-state index is 5.88. The second kappa shape index (κ2) is 4.82. The first-order chi connectivity index (χ1) is 10.3. The fourth-order valence-electron chi connectivity index (χ4n) is 2.31. The summed E-state index contributed by atoms with van der Waals surface area (Å²) in [5.74, 6) is 0.710. The SMILES string of the molecule is Cc1ncc(CNc2ncnc3c2oc2ccccc23)s1. The summed E-state index contributed by atoms with van der Waals surface area (Å²) in [6.07, 6.45) is 3.44. The number of nitrogens with one attached hydrogen (secondary N) is 1. The van der Waals surface area contributed by atoms with Crippen molar-refractivity contribution in [1.29, 1.82) is 0 Å². The van der Waals surface area contributed by atoms with Gasteiger partial charge < -0.3 is 9.73 Å². The molecule has 0 unspecified atom stereocenters. The second-order valence-corrected chi connectivity index (χ2v) is 6.02. The van der Waals surface area contributed by atoms with E-state index in [-0.39, 0.29) is 0 Å². The van der Waals surface area contributed by atoms with Gasteiger partial charge in [-0.15, -0.1) is 11.3 Å². The maximum Gasteiger partial charge on any atom is 0.196 e. The monoisotopic (exact) mass is 296 g/mol. The predicted octanol–water partition coefficient (Wildman–Crippen LogP) is 3.75. The smallest absolute Gasteiger partial charge is 0.196 e. The van der Waals surface area contributed by atoms with Crippen molar-refractivity contribution in [3.63, 3.8) is 0 Å². The lowest BCUT2D eigenvalue weighted by atomic mass is 10.2. The third kappa shape index (κ3) is 2.13. The van der Waals surface area contributed by atoms with E-state index in [2.05, 4.69) is 20.3 Å². The highest BCUT2D eigenvalue weighted by molar-refractivity contribution is 7.11. The average Bonchev–Trinajstić information content (AvgIpc) is 3.09. The van der Waals surface area contributed by atoms with E-state index in [4.69, 9.17) is 4.42 Å². The molecule has 0 saturated carbocycles. The number of rotatable bonds is 3. The number of hydrogen-bond donors (Lipinski definition) is 1. The van der Waals surface area contributed by atoms with Crippen molar-refractivity contribution in [1.82, 2.24) is 15.0 Å². The van der Waals surface area contributed by atoms with Crippen molar-refractivity contribution in [3.8, 4) is 0 Å². The highest BCUT2D eigenvalue weighted by Gasteiger charge is 2.12. The number of furan rings is 1. The van der Waals surface area contributed by atoms with Crippen molar-refractivity contribution >= 4 is 39.2 Å². The van der Waals surface area contributed by atoms with Gasteiger partial charge in [-0.3, -0.25) is 0 Å².